The van der Waals surface area contributed by atoms with Crippen LogP contribution in [0.4, 0.5) is 0 Å². The van der Waals surface area contributed by atoms with Crippen molar-refractivity contribution in [2.75, 3.05) is 0 Å². The molecular weight excluding hydrogens is 175 g/mol. The Labute approximate surface area is 85.1 Å². The van der Waals surface area contributed by atoms with Crippen LogP contribution in [-0.2, 0) is 11.7 Å². The van der Waals surface area contributed by atoms with Gasteiger partial charge in [0.1, 0.15) is 5.75 Å². The quantitative estimate of drug-likeness (QED) is 0.633. The summed E-state index contributed by atoms with van der Waals surface area (Å²) in [7, 11) is -0.653. The molecule has 0 atom stereocenters. The summed E-state index contributed by atoms with van der Waals surface area (Å²) in [6.07, 6.45) is 0.611. The number of fused-ring (bicyclic) bond motifs is 1. The first-order chi connectivity index (χ1) is 6.47. The molecule has 0 radical (unpaired) electrons. The van der Waals surface area contributed by atoms with Crippen molar-refractivity contribution >= 4 is 7.12 Å². The maximum Gasteiger partial charge on any atom is 0.527 e. The first-order valence-corrected chi connectivity index (χ1v) is 4.95. The van der Waals surface area contributed by atoms with Crippen LogP contribution in [0.1, 0.15) is 31.9 Å². The third-order valence-electron chi connectivity index (χ3n) is 2.59. The van der Waals surface area contributed by atoms with Crippen LogP contribution in [-0.4, -0.2) is 12.1 Å². The normalized spacial score (nSPS) is 15.3. The fourth-order valence-electron chi connectivity index (χ4n) is 1.68. The number of hydrogen-bond donors (Lipinski definition) is 1. The van der Waals surface area contributed by atoms with Gasteiger partial charge < -0.3 is 9.68 Å². The number of benzene rings is 1. The molecule has 0 spiro atoms. The van der Waals surface area contributed by atoms with E-state index < -0.39 is 7.12 Å². The van der Waals surface area contributed by atoms with Gasteiger partial charge in [-0.2, -0.15) is 0 Å². The predicted octanol–water partition coefficient (Wildman–Crippen LogP) is 1.94. The monoisotopic (exact) mass is 190 g/mol. The highest BCUT2D eigenvalue weighted by molar-refractivity contribution is 6.44. The van der Waals surface area contributed by atoms with Gasteiger partial charge in [-0.15, -0.1) is 0 Å². The highest BCUT2D eigenvalue weighted by Gasteiger charge is 2.28. The third kappa shape index (κ3) is 1.64. The molecule has 1 heterocycles. The smallest absolute Gasteiger partial charge is 0.527 e. The van der Waals surface area contributed by atoms with Gasteiger partial charge in [0.15, 0.2) is 0 Å². The fourth-order valence-corrected chi connectivity index (χ4v) is 1.68. The van der Waals surface area contributed by atoms with Crippen LogP contribution in [0, 0.1) is 0 Å². The van der Waals surface area contributed by atoms with Crippen LogP contribution in [0.15, 0.2) is 18.2 Å². The summed E-state index contributed by atoms with van der Waals surface area (Å²) in [5, 5.41) is 9.32. The zero-order valence-corrected chi connectivity index (χ0v) is 8.87. The minimum absolute atomic E-state index is 0.131. The minimum Gasteiger partial charge on any atom is -0.536 e. The van der Waals surface area contributed by atoms with E-state index in [4.69, 9.17) is 4.65 Å². The molecule has 74 valence electrons. The van der Waals surface area contributed by atoms with Crippen molar-refractivity contribution in [2.45, 2.75) is 32.5 Å². The Hall–Kier alpha value is -0.955. The second kappa shape index (κ2) is 3.02. The lowest BCUT2D eigenvalue weighted by Crippen LogP contribution is -2.17. The van der Waals surface area contributed by atoms with Crippen molar-refractivity contribution in [3.63, 3.8) is 0 Å². The zero-order valence-electron chi connectivity index (χ0n) is 8.87. The number of hydrogen-bond acceptors (Lipinski definition) is 2. The van der Waals surface area contributed by atoms with E-state index in [1.807, 2.05) is 12.1 Å². The molecule has 1 N–H and O–H groups in total. The molecule has 2 rings (SSSR count). The van der Waals surface area contributed by atoms with Crippen LogP contribution in [0.3, 0.4) is 0 Å². The highest BCUT2D eigenvalue weighted by Crippen LogP contribution is 2.32. The average molecular weight is 190 g/mol. The summed E-state index contributed by atoms with van der Waals surface area (Å²) in [6, 6.07) is 6.19. The molecule has 0 saturated heterocycles. The maximum atomic E-state index is 9.32. The molecule has 0 fully saturated rings. The molecule has 0 aromatic heterocycles. The Morgan fingerprint density at radius 2 is 2.07 bits per heavy atom. The summed E-state index contributed by atoms with van der Waals surface area (Å²) in [4.78, 5) is 0. The SMILES string of the molecule is CC(C)(C)c1ccc2c(c1)OB(O)C2. The fraction of sp³-hybridized carbons (Fsp3) is 0.455. The summed E-state index contributed by atoms with van der Waals surface area (Å²) in [5.74, 6) is 0.838. The zero-order chi connectivity index (χ0) is 10.3. The Morgan fingerprint density at radius 1 is 1.36 bits per heavy atom. The second-order valence-corrected chi connectivity index (χ2v) is 4.85. The summed E-state index contributed by atoms with van der Waals surface area (Å²) in [5.41, 5.74) is 2.47. The van der Waals surface area contributed by atoms with Crippen LogP contribution < -0.4 is 4.65 Å². The highest BCUT2D eigenvalue weighted by atomic mass is 16.5. The topological polar surface area (TPSA) is 29.5 Å². The molecule has 0 saturated carbocycles. The van der Waals surface area contributed by atoms with Crippen molar-refractivity contribution in [3.8, 4) is 5.75 Å². The van der Waals surface area contributed by atoms with Crippen molar-refractivity contribution in [3.05, 3.63) is 29.3 Å². The summed E-state index contributed by atoms with van der Waals surface area (Å²) in [6.45, 7) is 6.50. The molecular formula is C11H15BO2. The van der Waals surface area contributed by atoms with Crippen LogP contribution in [0.2, 0.25) is 0 Å². The summed E-state index contributed by atoms with van der Waals surface area (Å²) < 4.78 is 5.30. The Morgan fingerprint density at radius 3 is 2.71 bits per heavy atom. The van der Waals surface area contributed by atoms with Crippen molar-refractivity contribution < 1.29 is 9.68 Å². The Bertz CT molecular complexity index is 355. The van der Waals surface area contributed by atoms with E-state index >= 15 is 0 Å². The van der Waals surface area contributed by atoms with Gasteiger partial charge in [0.2, 0.25) is 0 Å². The Balaban J connectivity index is 2.38. The standard InChI is InChI=1S/C11H15BO2/c1-11(2,3)9-5-4-8-7-12(13)14-10(8)6-9/h4-6,13H,7H2,1-3H3. The van der Waals surface area contributed by atoms with E-state index in [0.29, 0.717) is 6.32 Å². The van der Waals surface area contributed by atoms with Crippen molar-refractivity contribution in [1.82, 2.24) is 0 Å². The largest absolute Gasteiger partial charge is 0.536 e. The molecule has 0 amide bonds. The molecule has 0 aliphatic carbocycles. The van der Waals surface area contributed by atoms with Gasteiger partial charge in [0, 0.05) is 6.32 Å². The van der Waals surface area contributed by atoms with Gasteiger partial charge in [0.05, 0.1) is 0 Å². The van der Waals surface area contributed by atoms with Crippen molar-refractivity contribution in [1.29, 1.82) is 0 Å². The molecule has 0 unspecified atom stereocenters. The van der Waals surface area contributed by atoms with E-state index in [1.165, 1.54) is 5.56 Å². The summed E-state index contributed by atoms with van der Waals surface area (Å²) >= 11 is 0. The van der Waals surface area contributed by atoms with E-state index in [9.17, 15) is 5.02 Å². The molecule has 2 nitrogen and oxygen atoms in total. The molecule has 1 aliphatic rings. The molecule has 14 heavy (non-hydrogen) atoms. The number of rotatable bonds is 0. The second-order valence-electron chi connectivity index (χ2n) is 4.85. The predicted molar refractivity (Wildman–Crippen MR) is 57.4 cm³/mol. The third-order valence-corrected chi connectivity index (χ3v) is 2.59. The van der Waals surface area contributed by atoms with E-state index in [2.05, 4.69) is 26.8 Å². The van der Waals surface area contributed by atoms with Gasteiger partial charge in [-0.3, -0.25) is 0 Å². The first-order valence-electron chi connectivity index (χ1n) is 4.95. The molecule has 1 aromatic rings. The van der Waals surface area contributed by atoms with Gasteiger partial charge in [0.25, 0.3) is 0 Å². The maximum absolute atomic E-state index is 9.32. The van der Waals surface area contributed by atoms with Crippen LogP contribution in [0.25, 0.3) is 0 Å². The van der Waals surface area contributed by atoms with Gasteiger partial charge in [-0.1, -0.05) is 32.9 Å². The molecule has 0 bridgehead atoms. The van der Waals surface area contributed by atoms with E-state index in [0.717, 1.165) is 11.3 Å². The van der Waals surface area contributed by atoms with Gasteiger partial charge in [-0.05, 0) is 22.6 Å². The average Bonchev–Trinajstić information content (AvgIpc) is 2.41. The van der Waals surface area contributed by atoms with Gasteiger partial charge in [-0.25, -0.2) is 0 Å². The van der Waals surface area contributed by atoms with Crippen LogP contribution in [0.5, 0.6) is 5.75 Å². The van der Waals surface area contributed by atoms with Crippen molar-refractivity contribution in [2.24, 2.45) is 0 Å². The van der Waals surface area contributed by atoms with E-state index in [-0.39, 0.29) is 5.41 Å². The van der Waals surface area contributed by atoms with Crippen LogP contribution >= 0.6 is 0 Å². The van der Waals surface area contributed by atoms with E-state index in [1.54, 1.807) is 0 Å². The first kappa shape index (κ1) is 9.59. The molecule has 1 aliphatic heterocycles. The molecule has 3 heteroatoms. The molecule has 1 aromatic carbocycles. The minimum atomic E-state index is -0.653. The lowest BCUT2D eigenvalue weighted by molar-refractivity contribution is 0.430. The lowest BCUT2D eigenvalue weighted by atomic mass is 9.83. The Kier molecular flexibility index (Phi) is 2.07. The lowest BCUT2D eigenvalue weighted by Gasteiger charge is -2.19. The van der Waals surface area contributed by atoms with Gasteiger partial charge >= 0.3 is 7.12 Å².